The molecule has 2 aliphatic rings. The van der Waals surface area contributed by atoms with Crippen molar-refractivity contribution in [1.82, 2.24) is 14.9 Å². The number of alkyl halides is 3. The predicted octanol–water partition coefficient (Wildman–Crippen LogP) is 5.83. The molecule has 2 saturated heterocycles. The van der Waals surface area contributed by atoms with Crippen LogP contribution in [0, 0.1) is 0 Å². The van der Waals surface area contributed by atoms with Gasteiger partial charge in [-0.25, -0.2) is 9.78 Å². The molecule has 2 fully saturated rings. The number of nitrogens with one attached hydrogen (secondary N) is 1. The lowest BCUT2D eigenvalue weighted by molar-refractivity contribution is -0.141. The minimum absolute atomic E-state index is 0.0750. The molecule has 1 N–H and O–H groups in total. The van der Waals surface area contributed by atoms with Crippen LogP contribution in [0.5, 0.6) is 0 Å². The van der Waals surface area contributed by atoms with Gasteiger partial charge in [0.1, 0.15) is 12.4 Å². The second-order valence-electron chi connectivity index (χ2n) is 10.1. The summed E-state index contributed by atoms with van der Waals surface area (Å²) in [5.41, 5.74) is -0.433. The van der Waals surface area contributed by atoms with E-state index >= 15 is 0 Å². The van der Waals surface area contributed by atoms with Gasteiger partial charge in [0.15, 0.2) is 5.69 Å². The van der Waals surface area contributed by atoms with E-state index in [9.17, 15) is 22.8 Å². The summed E-state index contributed by atoms with van der Waals surface area (Å²) < 4.78 is 51.7. The highest BCUT2D eigenvalue weighted by molar-refractivity contribution is 6.31. The smallest absolute Gasteiger partial charge is 0.437 e. The average molecular weight is 607 g/mol. The van der Waals surface area contributed by atoms with Crippen LogP contribution in [0.4, 0.5) is 35.5 Å². The number of hydrogen-bond donors (Lipinski definition) is 1. The normalized spacial score (nSPS) is 16.2. The number of anilines is 3. The predicted molar refractivity (Wildman–Crippen MR) is 150 cm³/mol. The molecule has 4 heterocycles. The number of amides is 2. The first kappa shape index (κ1) is 29.5. The van der Waals surface area contributed by atoms with Crippen molar-refractivity contribution < 1.29 is 31.9 Å². The Hall–Kier alpha value is -4.00. The maximum Gasteiger partial charge on any atom is 0.437 e. The fourth-order valence-electron chi connectivity index (χ4n) is 4.89. The van der Waals surface area contributed by atoms with Crippen LogP contribution in [0.25, 0.3) is 0 Å². The van der Waals surface area contributed by atoms with Crippen molar-refractivity contribution in [3.8, 4) is 0 Å². The number of aromatic nitrogens is 2. The minimum Gasteiger partial charge on any atom is -0.444 e. The van der Waals surface area contributed by atoms with E-state index in [0.29, 0.717) is 56.5 Å². The molecule has 224 valence electrons. The molecule has 42 heavy (non-hydrogen) atoms. The van der Waals surface area contributed by atoms with Crippen molar-refractivity contribution in [2.75, 3.05) is 54.4 Å². The minimum atomic E-state index is -4.85. The summed E-state index contributed by atoms with van der Waals surface area (Å²) >= 11 is 6.14. The molecule has 0 spiro atoms. The zero-order chi connectivity index (χ0) is 29.7. The number of carbonyl (C=O) groups is 2. The van der Waals surface area contributed by atoms with E-state index in [1.165, 1.54) is 6.20 Å². The Kier molecular flexibility index (Phi) is 9.05. The average Bonchev–Trinajstić information content (AvgIpc) is 3.31. The number of ether oxygens (including phenoxy) is 1. The van der Waals surface area contributed by atoms with Gasteiger partial charge in [-0.05, 0) is 43.9 Å². The number of benzene rings is 1. The number of nitrogens with zero attached hydrogens (tertiary/aromatic N) is 5. The molecule has 0 aliphatic carbocycles. The molecule has 2 amide bonds. The standard InChI is InChI=1S/C28H30ClF3N6O4/c29-21-8-3-2-7-19(21)18-41-27(40)38-14-6-13-36(15-16-38)22-10-9-20(17-33-22)34-25(39)23-24(28(30,31)32)35-26(42-23)37-11-4-1-5-12-37/h2-3,7-10,17H,1,4-6,11-16,18H2,(H,34,39). The Morgan fingerprint density at radius 2 is 1.71 bits per heavy atom. The van der Waals surface area contributed by atoms with Crippen molar-refractivity contribution in [3.05, 3.63) is 64.6 Å². The summed E-state index contributed by atoms with van der Waals surface area (Å²) in [7, 11) is 0. The van der Waals surface area contributed by atoms with Crippen LogP contribution in [0.3, 0.4) is 0 Å². The highest BCUT2D eigenvalue weighted by atomic mass is 35.5. The van der Waals surface area contributed by atoms with E-state index in [0.717, 1.165) is 24.8 Å². The molecule has 2 aromatic heterocycles. The van der Waals surface area contributed by atoms with Crippen LogP contribution in [-0.2, 0) is 17.5 Å². The summed E-state index contributed by atoms with van der Waals surface area (Å²) in [6.45, 7) is 3.14. The lowest BCUT2D eigenvalue weighted by Crippen LogP contribution is -2.35. The first-order valence-electron chi connectivity index (χ1n) is 13.7. The summed E-state index contributed by atoms with van der Waals surface area (Å²) in [5, 5.41) is 2.96. The molecule has 1 aromatic carbocycles. The van der Waals surface area contributed by atoms with E-state index in [2.05, 4.69) is 15.3 Å². The molecule has 14 heteroatoms. The molecule has 0 saturated carbocycles. The second-order valence-corrected chi connectivity index (χ2v) is 10.5. The van der Waals surface area contributed by atoms with Gasteiger partial charge in [0.05, 0.1) is 11.9 Å². The maximum absolute atomic E-state index is 13.7. The van der Waals surface area contributed by atoms with Gasteiger partial charge in [0.25, 0.3) is 11.9 Å². The topological polar surface area (TPSA) is 104 Å². The van der Waals surface area contributed by atoms with Crippen molar-refractivity contribution in [3.63, 3.8) is 0 Å². The molecule has 0 unspecified atom stereocenters. The maximum atomic E-state index is 13.7. The fraction of sp³-hybridized carbons (Fsp3) is 0.429. The Labute approximate surface area is 245 Å². The van der Waals surface area contributed by atoms with Crippen molar-refractivity contribution in [1.29, 1.82) is 0 Å². The van der Waals surface area contributed by atoms with Crippen LogP contribution in [0.2, 0.25) is 5.02 Å². The molecule has 0 radical (unpaired) electrons. The Bertz CT molecular complexity index is 1400. The molecular formula is C28H30ClF3N6O4. The van der Waals surface area contributed by atoms with Crippen molar-refractivity contribution >= 4 is 41.1 Å². The first-order chi connectivity index (χ1) is 20.2. The lowest BCUT2D eigenvalue weighted by Gasteiger charge is -2.24. The third kappa shape index (κ3) is 7.07. The van der Waals surface area contributed by atoms with E-state index < -0.39 is 29.6 Å². The largest absolute Gasteiger partial charge is 0.444 e. The number of pyridine rings is 1. The zero-order valence-electron chi connectivity index (χ0n) is 22.7. The molecule has 5 rings (SSSR count). The van der Waals surface area contributed by atoms with Gasteiger partial charge in [-0.15, -0.1) is 0 Å². The van der Waals surface area contributed by atoms with Gasteiger partial charge in [-0.1, -0.05) is 29.8 Å². The Morgan fingerprint density at radius 1 is 0.952 bits per heavy atom. The quantitative estimate of drug-likeness (QED) is 0.374. The third-order valence-corrected chi connectivity index (χ3v) is 7.48. The molecule has 0 atom stereocenters. The van der Waals surface area contributed by atoms with Gasteiger partial charge >= 0.3 is 12.3 Å². The number of piperidine rings is 1. The second kappa shape index (κ2) is 12.9. The summed E-state index contributed by atoms with van der Waals surface area (Å²) in [6, 6.07) is 10.2. The zero-order valence-corrected chi connectivity index (χ0v) is 23.5. The highest BCUT2D eigenvalue weighted by Gasteiger charge is 2.42. The Morgan fingerprint density at radius 3 is 2.43 bits per heavy atom. The van der Waals surface area contributed by atoms with Gasteiger partial charge in [0.2, 0.25) is 5.76 Å². The summed E-state index contributed by atoms with van der Waals surface area (Å²) in [5.74, 6) is -1.35. The number of carbonyl (C=O) groups excluding carboxylic acids is 2. The van der Waals surface area contributed by atoms with Gasteiger partial charge in [0, 0.05) is 49.9 Å². The van der Waals surface area contributed by atoms with Crippen molar-refractivity contribution in [2.24, 2.45) is 0 Å². The number of rotatable bonds is 6. The van der Waals surface area contributed by atoms with E-state index in [1.54, 1.807) is 40.1 Å². The van der Waals surface area contributed by atoms with Crippen LogP contribution >= 0.6 is 11.6 Å². The van der Waals surface area contributed by atoms with Crippen LogP contribution in [-0.4, -0.2) is 66.1 Å². The van der Waals surface area contributed by atoms with Crippen LogP contribution in [0.15, 0.2) is 47.0 Å². The molecule has 3 aromatic rings. The Balaban J connectivity index is 1.18. The van der Waals surface area contributed by atoms with E-state index in [1.807, 2.05) is 11.0 Å². The molecular weight excluding hydrogens is 577 g/mol. The highest BCUT2D eigenvalue weighted by Crippen LogP contribution is 2.35. The van der Waals surface area contributed by atoms with Gasteiger partial charge in [-0.3, -0.25) is 4.79 Å². The lowest BCUT2D eigenvalue weighted by atomic mass is 10.1. The van der Waals surface area contributed by atoms with Crippen LogP contribution < -0.4 is 15.1 Å². The monoisotopic (exact) mass is 606 g/mol. The summed E-state index contributed by atoms with van der Waals surface area (Å²) in [4.78, 5) is 38.7. The SMILES string of the molecule is O=C(Nc1ccc(N2CCCN(C(=O)OCc3ccccc3Cl)CC2)nc1)c1oc(N2CCCCC2)nc1C(F)(F)F. The van der Waals surface area contributed by atoms with Crippen LogP contribution in [0.1, 0.15) is 47.5 Å². The number of oxazole rings is 1. The first-order valence-corrected chi connectivity index (χ1v) is 14.1. The molecule has 10 nitrogen and oxygen atoms in total. The number of halogens is 4. The molecule has 2 aliphatic heterocycles. The van der Waals surface area contributed by atoms with Gasteiger partial charge < -0.3 is 29.2 Å². The third-order valence-electron chi connectivity index (χ3n) is 7.11. The van der Waals surface area contributed by atoms with E-state index in [4.69, 9.17) is 20.8 Å². The van der Waals surface area contributed by atoms with E-state index in [-0.39, 0.29) is 18.3 Å². The molecule has 0 bridgehead atoms. The summed E-state index contributed by atoms with van der Waals surface area (Å²) in [6.07, 6.45) is -0.648. The fourth-order valence-corrected chi connectivity index (χ4v) is 5.08. The van der Waals surface area contributed by atoms with Crippen molar-refractivity contribution in [2.45, 2.75) is 38.5 Å². The van der Waals surface area contributed by atoms with Gasteiger partial charge in [-0.2, -0.15) is 18.2 Å². The number of hydrogen-bond acceptors (Lipinski definition) is 8.